The summed E-state index contributed by atoms with van der Waals surface area (Å²) in [6.45, 7) is 0.605. The van der Waals surface area contributed by atoms with Gasteiger partial charge in [-0.1, -0.05) is 0 Å². The Balaban J connectivity index is 1.96. The number of halogens is 4. The van der Waals surface area contributed by atoms with Gasteiger partial charge in [0.15, 0.2) is 0 Å². The van der Waals surface area contributed by atoms with Gasteiger partial charge in [-0.15, -0.1) is 0 Å². The quantitative estimate of drug-likeness (QED) is 0.624. The van der Waals surface area contributed by atoms with Gasteiger partial charge in [0.1, 0.15) is 22.9 Å². The molecule has 1 saturated heterocycles. The van der Waals surface area contributed by atoms with E-state index in [-0.39, 0.29) is 23.2 Å². The minimum absolute atomic E-state index is 0.108. The van der Waals surface area contributed by atoms with Gasteiger partial charge in [-0.2, -0.15) is 18.2 Å². The fourth-order valence-corrected chi connectivity index (χ4v) is 3.33. The molecule has 1 fully saturated rings. The summed E-state index contributed by atoms with van der Waals surface area (Å²) in [4.78, 5) is 9.73. The van der Waals surface area contributed by atoms with E-state index in [1.165, 1.54) is 14.2 Å². The van der Waals surface area contributed by atoms with Crippen LogP contribution in [-0.2, 0) is 6.18 Å². The van der Waals surface area contributed by atoms with Gasteiger partial charge in [0.05, 0.1) is 18.5 Å². The maximum atomic E-state index is 13.1. The van der Waals surface area contributed by atoms with Crippen molar-refractivity contribution in [3.8, 4) is 11.5 Å². The van der Waals surface area contributed by atoms with Crippen LogP contribution in [0.15, 0.2) is 18.3 Å². The Morgan fingerprint density at radius 1 is 1.13 bits per heavy atom. The summed E-state index contributed by atoms with van der Waals surface area (Å²) >= 11 is 0. The molecule has 7 nitrogen and oxygen atoms in total. The van der Waals surface area contributed by atoms with Gasteiger partial charge in [-0.3, -0.25) is 0 Å². The number of nitrogens with zero attached hydrogens (tertiary/aromatic N) is 3. The van der Waals surface area contributed by atoms with Crippen molar-refractivity contribution in [1.29, 1.82) is 0 Å². The van der Waals surface area contributed by atoms with Crippen molar-refractivity contribution in [3.05, 3.63) is 23.9 Å². The molecule has 0 amide bonds. The van der Waals surface area contributed by atoms with Crippen LogP contribution in [0.2, 0.25) is 0 Å². The molecular formula is C19H23F4N5O2. The Labute approximate surface area is 171 Å². The van der Waals surface area contributed by atoms with Crippen LogP contribution < -0.4 is 25.0 Å². The number of ether oxygens (including phenoxy) is 2. The number of piperidine rings is 1. The molecule has 2 heterocycles. The Kier molecular flexibility index (Phi) is 6.68. The third kappa shape index (κ3) is 4.77. The van der Waals surface area contributed by atoms with Gasteiger partial charge in [-0.25, -0.2) is 9.37 Å². The molecule has 1 aliphatic rings. The first kappa shape index (κ1) is 21.7. The molecule has 0 radical (unpaired) electrons. The fourth-order valence-electron chi connectivity index (χ4n) is 3.33. The highest BCUT2D eigenvalue weighted by Crippen LogP contribution is 2.41. The van der Waals surface area contributed by atoms with Crippen LogP contribution in [0.1, 0.15) is 24.8 Å². The Morgan fingerprint density at radius 3 is 2.47 bits per heavy atom. The number of rotatable bonds is 7. The molecule has 1 aliphatic heterocycles. The standard InChI is InChI=1S/C19H23F4N5O2/c1-24-17-12(19(21,22)23)10-25-18(27-17)26-13-8-16(29-2)14(9-15(13)30-11-20)28-6-4-3-5-7-28/h8-10H,3-7,11H2,1-2H3,(H2,24,25,26,27). The van der Waals surface area contributed by atoms with E-state index in [9.17, 15) is 17.6 Å². The van der Waals surface area contributed by atoms with Crippen molar-refractivity contribution in [2.75, 3.05) is 49.6 Å². The Hall–Kier alpha value is -2.98. The van der Waals surface area contributed by atoms with E-state index in [2.05, 4.69) is 25.5 Å². The third-order valence-corrected chi connectivity index (χ3v) is 4.77. The lowest BCUT2D eigenvalue weighted by Crippen LogP contribution is -2.29. The van der Waals surface area contributed by atoms with E-state index >= 15 is 0 Å². The van der Waals surface area contributed by atoms with Gasteiger partial charge in [0.2, 0.25) is 12.8 Å². The van der Waals surface area contributed by atoms with Crippen LogP contribution in [0.5, 0.6) is 11.5 Å². The average Bonchev–Trinajstić information content (AvgIpc) is 2.74. The van der Waals surface area contributed by atoms with Crippen LogP contribution >= 0.6 is 0 Å². The molecule has 3 rings (SSSR count). The predicted octanol–water partition coefficient (Wildman–Crippen LogP) is 4.59. The van der Waals surface area contributed by atoms with Gasteiger partial charge in [-0.05, 0) is 19.3 Å². The highest BCUT2D eigenvalue weighted by molar-refractivity contribution is 5.74. The summed E-state index contributed by atoms with van der Waals surface area (Å²) in [5, 5.41) is 5.20. The molecule has 0 unspecified atom stereocenters. The summed E-state index contributed by atoms with van der Waals surface area (Å²) in [6.07, 6.45) is -0.705. The van der Waals surface area contributed by atoms with Gasteiger partial charge >= 0.3 is 6.18 Å². The summed E-state index contributed by atoms with van der Waals surface area (Å²) < 4.78 is 62.8. The second-order valence-electron chi connectivity index (χ2n) is 6.65. The largest absolute Gasteiger partial charge is 0.494 e. The van der Waals surface area contributed by atoms with Crippen LogP contribution in [0.25, 0.3) is 0 Å². The molecule has 0 saturated carbocycles. The lowest BCUT2D eigenvalue weighted by molar-refractivity contribution is -0.137. The minimum atomic E-state index is -4.60. The van der Waals surface area contributed by atoms with Crippen molar-refractivity contribution in [3.63, 3.8) is 0 Å². The fraction of sp³-hybridized carbons (Fsp3) is 0.474. The molecule has 30 heavy (non-hydrogen) atoms. The molecule has 2 N–H and O–H groups in total. The van der Waals surface area contributed by atoms with E-state index in [4.69, 9.17) is 9.47 Å². The summed E-state index contributed by atoms with van der Waals surface area (Å²) in [7, 11) is 2.84. The minimum Gasteiger partial charge on any atom is -0.494 e. The molecular weight excluding hydrogens is 406 g/mol. The number of nitrogens with one attached hydrogen (secondary N) is 2. The molecule has 11 heteroatoms. The lowest BCUT2D eigenvalue weighted by atomic mass is 10.1. The molecule has 0 bridgehead atoms. The maximum Gasteiger partial charge on any atom is 0.421 e. The van der Waals surface area contributed by atoms with Crippen LogP contribution in [0.3, 0.4) is 0 Å². The van der Waals surface area contributed by atoms with Gasteiger partial charge in [0, 0.05) is 38.5 Å². The summed E-state index contributed by atoms with van der Waals surface area (Å²) in [6, 6.07) is 3.24. The van der Waals surface area contributed by atoms with E-state index in [0.29, 0.717) is 11.9 Å². The number of aromatic nitrogens is 2. The normalized spacial score (nSPS) is 14.4. The zero-order chi connectivity index (χ0) is 21.7. The molecule has 1 aromatic heterocycles. The number of hydrogen-bond donors (Lipinski definition) is 2. The number of methoxy groups -OCH3 is 1. The smallest absolute Gasteiger partial charge is 0.421 e. The van der Waals surface area contributed by atoms with E-state index in [1.807, 2.05) is 0 Å². The van der Waals surface area contributed by atoms with Crippen LogP contribution in [-0.4, -0.2) is 44.1 Å². The molecule has 0 atom stereocenters. The SMILES string of the molecule is CNc1nc(Nc2cc(OC)c(N3CCCCC3)cc2OCF)ncc1C(F)(F)F. The molecule has 0 spiro atoms. The van der Waals surface area contributed by atoms with Crippen molar-refractivity contribution in [2.24, 2.45) is 0 Å². The first-order valence-corrected chi connectivity index (χ1v) is 9.42. The lowest BCUT2D eigenvalue weighted by Gasteiger charge is -2.30. The highest BCUT2D eigenvalue weighted by atomic mass is 19.4. The second-order valence-corrected chi connectivity index (χ2v) is 6.65. The van der Waals surface area contributed by atoms with Crippen molar-refractivity contribution < 1.29 is 27.0 Å². The zero-order valence-corrected chi connectivity index (χ0v) is 16.6. The van der Waals surface area contributed by atoms with Gasteiger partial charge < -0.3 is 25.0 Å². The number of alkyl halides is 4. The van der Waals surface area contributed by atoms with E-state index in [1.54, 1.807) is 12.1 Å². The van der Waals surface area contributed by atoms with Crippen molar-refractivity contribution >= 4 is 23.1 Å². The average molecular weight is 429 g/mol. The Morgan fingerprint density at radius 2 is 1.87 bits per heavy atom. The molecule has 1 aromatic carbocycles. The van der Waals surface area contributed by atoms with E-state index < -0.39 is 18.6 Å². The molecule has 0 aliphatic carbocycles. The Bertz CT molecular complexity index is 873. The monoisotopic (exact) mass is 429 g/mol. The van der Waals surface area contributed by atoms with Crippen molar-refractivity contribution in [1.82, 2.24) is 9.97 Å². The van der Waals surface area contributed by atoms with E-state index in [0.717, 1.165) is 38.0 Å². The predicted molar refractivity (Wildman–Crippen MR) is 106 cm³/mol. The maximum absolute atomic E-state index is 13.1. The molecule has 164 valence electrons. The number of benzene rings is 1. The first-order chi connectivity index (χ1) is 14.4. The number of anilines is 4. The van der Waals surface area contributed by atoms with Crippen molar-refractivity contribution in [2.45, 2.75) is 25.4 Å². The summed E-state index contributed by atoms with van der Waals surface area (Å²) in [5.41, 5.74) is 0.0383. The number of hydrogen-bond acceptors (Lipinski definition) is 7. The van der Waals surface area contributed by atoms with Crippen LogP contribution in [0, 0.1) is 0 Å². The second kappa shape index (κ2) is 9.23. The van der Waals surface area contributed by atoms with Crippen LogP contribution in [0.4, 0.5) is 40.7 Å². The highest BCUT2D eigenvalue weighted by Gasteiger charge is 2.35. The summed E-state index contributed by atoms with van der Waals surface area (Å²) in [5.74, 6) is 0.202. The van der Waals surface area contributed by atoms with Gasteiger partial charge in [0.25, 0.3) is 0 Å². The third-order valence-electron chi connectivity index (χ3n) is 4.77. The topological polar surface area (TPSA) is 71.5 Å². The zero-order valence-electron chi connectivity index (χ0n) is 16.6. The molecule has 2 aromatic rings. The first-order valence-electron chi connectivity index (χ1n) is 9.42.